The fourth-order valence-electron chi connectivity index (χ4n) is 2.87. The van der Waals surface area contributed by atoms with Gasteiger partial charge in [-0.3, -0.25) is 4.79 Å². The molecule has 0 bridgehead atoms. The van der Waals surface area contributed by atoms with Crippen molar-refractivity contribution >= 4 is 17.7 Å². The molecule has 1 fully saturated rings. The lowest BCUT2D eigenvalue weighted by Gasteiger charge is -2.25. The third kappa shape index (κ3) is 4.09. The van der Waals surface area contributed by atoms with Crippen molar-refractivity contribution in [3.8, 4) is 0 Å². The molecular weight excluding hydrogens is 351 g/mol. The Morgan fingerprint density at radius 2 is 1.92 bits per heavy atom. The van der Waals surface area contributed by atoms with Gasteiger partial charge >= 0.3 is 0 Å². The van der Waals surface area contributed by atoms with Crippen molar-refractivity contribution in [1.82, 2.24) is 19.7 Å². The maximum atomic E-state index is 13.1. The summed E-state index contributed by atoms with van der Waals surface area (Å²) in [6, 6.07) is 6.65. The Hall–Kier alpha value is -1.89. The Balaban J connectivity index is 1.64. The number of benzene rings is 1. The van der Waals surface area contributed by atoms with E-state index in [9.17, 15) is 9.18 Å². The van der Waals surface area contributed by atoms with Gasteiger partial charge in [-0.1, -0.05) is 37.7 Å². The molecule has 140 valence electrons. The lowest BCUT2D eigenvalue weighted by molar-refractivity contribution is -0.128. The lowest BCUT2D eigenvalue weighted by atomic mass is 10.1. The Bertz CT molecular complexity index is 770. The average molecular weight is 377 g/mol. The van der Waals surface area contributed by atoms with Crippen LogP contribution in [0.4, 0.5) is 4.39 Å². The number of carbonyl (C=O) groups excluding carboxylic acids is 1. The molecule has 0 spiro atoms. The number of hydrogen-bond donors (Lipinski definition) is 0. The summed E-state index contributed by atoms with van der Waals surface area (Å²) in [5.41, 5.74) is 0.912. The zero-order valence-corrected chi connectivity index (χ0v) is 16.5. The number of thioether (sulfide) groups is 1. The van der Waals surface area contributed by atoms with Gasteiger partial charge in [-0.05, 0) is 37.5 Å². The minimum atomic E-state index is -0.272. The van der Waals surface area contributed by atoms with Crippen LogP contribution in [-0.2, 0) is 4.79 Å². The first-order valence-electron chi connectivity index (χ1n) is 8.97. The van der Waals surface area contributed by atoms with Crippen molar-refractivity contribution < 1.29 is 9.18 Å². The molecule has 1 saturated carbocycles. The van der Waals surface area contributed by atoms with Crippen LogP contribution in [0.5, 0.6) is 0 Å². The normalized spacial score (nSPS) is 15.3. The fraction of sp³-hybridized carbons (Fsp3) is 0.526. The summed E-state index contributed by atoms with van der Waals surface area (Å²) in [6.45, 7) is 6.17. The number of aromatic nitrogens is 3. The van der Waals surface area contributed by atoms with E-state index < -0.39 is 0 Å². The highest BCUT2D eigenvalue weighted by molar-refractivity contribution is 7.99. The average Bonchev–Trinajstić information content (AvgIpc) is 3.37. The monoisotopic (exact) mass is 376 g/mol. The van der Waals surface area contributed by atoms with E-state index in [2.05, 4.69) is 28.6 Å². The number of nitrogens with zero attached hydrogens (tertiary/aromatic N) is 4. The van der Waals surface area contributed by atoms with Crippen LogP contribution >= 0.6 is 11.8 Å². The predicted octanol–water partition coefficient (Wildman–Crippen LogP) is 4.19. The summed E-state index contributed by atoms with van der Waals surface area (Å²) >= 11 is 1.44. The molecule has 1 unspecified atom stereocenters. The van der Waals surface area contributed by atoms with Crippen molar-refractivity contribution in [3.63, 3.8) is 0 Å². The largest absolute Gasteiger partial charge is 0.338 e. The van der Waals surface area contributed by atoms with Crippen molar-refractivity contribution in [3.05, 3.63) is 41.5 Å². The number of hydrogen-bond acceptors (Lipinski definition) is 4. The molecule has 1 amide bonds. The van der Waals surface area contributed by atoms with Crippen molar-refractivity contribution in [2.45, 2.75) is 56.8 Å². The van der Waals surface area contributed by atoms with E-state index in [4.69, 9.17) is 0 Å². The second-order valence-corrected chi connectivity index (χ2v) is 8.06. The minimum Gasteiger partial charge on any atom is -0.338 e. The summed E-state index contributed by atoms with van der Waals surface area (Å²) in [7, 11) is 1.78. The van der Waals surface area contributed by atoms with Gasteiger partial charge < -0.3 is 9.47 Å². The first-order chi connectivity index (χ1) is 12.4. The molecule has 3 rings (SSSR count). The SMILES string of the molecule is CC(C)c1nnc(SCC(=O)N(C)C(C)c2ccc(F)cc2)n1C1CC1. The van der Waals surface area contributed by atoms with E-state index in [0.29, 0.717) is 17.7 Å². The smallest absolute Gasteiger partial charge is 0.233 e. The van der Waals surface area contributed by atoms with Gasteiger partial charge in [0.15, 0.2) is 5.16 Å². The maximum Gasteiger partial charge on any atom is 0.233 e. The molecule has 1 atom stereocenters. The highest BCUT2D eigenvalue weighted by atomic mass is 32.2. The number of carbonyl (C=O) groups is 1. The summed E-state index contributed by atoms with van der Waals surface area (Å²) < 4.78 is 15.3. The zero-order valence-electron chi connectivity index (χ0n) is 15.6. The van der Waals surface area contributed by atoms with E-state index in [1.807, 2.05) is 6.92 Å². The van der Waals surface area contributed by atoms with Crippen LogP contribution < -0.4 is 0 Å². The quantitative estimate of drug-likeness (QED) is 0.680. The molecular formula is C19H25FN4OS. The van der Waals surface area contributed by atoms with E-state index >= 15 is 0 Å². The van der Waals surface area contributed by atoms with E-state index in [1.165, 1.54) is 23.9 Å². The molecule has 7 heteroatoms. The molecule has 0 N–H and O–H groups in total. The summed E-state index contributed by atoms with van der Waals surface area (Å²) in [5, 5.41) is 9.45. The molecule has 1 aromatic heterocycles. The van der Waals surface area contributed by atoms with E-state index in [1.54, 1.807) is 24.1 Å². The highest BCUT2D eigenvalue weighted by Gasteiger charge is 2.31. The third-order valence-corrected chi connectivity index (χ3v) is 5.70. The van der Waals surface area contributed by atoms with Gasteiger partial charge in [0.25, 0.3) is 0 Å². The summed E-state index contributed by atoms with van der Waals surface area (Å²) in [5.74, 6) is 1.37. The standard InChI is InChI=1S/C19H25FN4OS/c1-12(2)18-21-22-19(24(18)16-9-10-16)26-11-17(25)23(4)13(3)14-5-7-15(20)8-6-14/h5-8,12-13,16H,9-11H2,1-4H3. The van der Waals surface area contributed by atoms with Crippen LogP contribution in [0.1, 0.15) is 63.0 Å². The molecule has 0 saturated heterocycles. The van der Waals surface area contributed by atoms with Gasteiger partial charge in [0, 0.05) is 19.0 Å². The van der Waals surface area contributed by atoms with Gasteiger partial charge in [-0.2, -0.15) is 0 Å². The Kier molecular flexibility index (Phi) is 5.65. The second-order valence-electron chi connectivity index (χ2n) is 7.12. The molecule has 1 heterocycles. The van der Waals surface area contributed by atoms with Crippen LogP contribution in [0.3, 0.4) is 0 Å². The Morgan fingerprint density at radius 1 is 1.27 bits per heavy atom. The van der Waals surface area contributed by atoms with Crippen molar-refractivity contribution in [1.29, 1.82) is 0 Å². The van der Waals surface area contributed by atoms with Gasteiger partial charge in [-0.25, -0.2) is 4.39 Å². The molecule has 1 aromatic carbocycles. The van der Waals surface area contributed by atoms with Crippen LogP contribution in [-0.4, -0.2) is 38.4 Å². The third-order valence-electron chi connectivity index (χ3n) is 4.77. The molecule has 5 nitrogen and oxygen atoms in total. The fourth-order valence-corrected chi connectivity index (χ4v) is 3.80. The topological polar surface area (TPSA) is 51.0 Å². The van der Waals surface area contributed by atoms with Crippen LogP contribution in [0.2, 0.25) is 0 Å². The Morgan fingerprint density at radius 3 is 2.50 bits per heavy atom. The van der Waals surface area contributed by atoms with Crippen LogP contribution in [0, 0.1) is 5.82 Å². The zero-order chi connectivity index (χ0) is 18.8. The first-order valence-corrected chi connectivity index (χ1v) is 9.95. The van der Waals surface area contributed by atoms with Gasteiger partial charge in [0.05, 0.1) is 11.8 Å². The Labute approximate surface area is 158 Å². The number of amides is 1. The molecule has 26 heavy (non-hydrogen) atoms. The molecule has 1 aliphatic carbocycles. The molecule has 0 radical (unpaired) electrons. The van der Waals surface area contributed by atoms with Gasteiger partial charge in [0.1, 0.15) is 11.6 Å². The van der Waals surface area contributed by atoms with Gasteiger partial charge in [0.2, 0.25) is 5.91 Å². The number of halogens is 1. The van der Waals surface area contributed by atoms with Crippen LogP contribution in [0.15, 0.2) is 29.4 Å². The molecule has 1 aliphatic rings. The van der Waals surface area contributed by atoms with E-state index in [-0.39, 0.29) is 17.8 Å². The summed E-state index contributed by atoms with van der Waals surface area (Å²) in [4.78, 5) is 14.3. The minimum absolute atomic E-state index is 0.0169. The predicted molar refractivity (Wildman–Crippen MR) is 101 cm³/mol. The van der Waals surface area contributed by atoms with Crippen molar-refractivity contribution in [2.75, 3.05) is 12.8 Å². The van der Waals surface area contributed by atoms with E-state index in [0.717, 1.165) is 29.4 Å². The van der Waals surface area contributed by atoms with Gasteiger partial charge in [-0.15, -0.1) is 10.2 Å². The van der Waals surface area contributed by atoms with Crippen molar-refractivity contribution in [2.24, 2.45) is 0 Å². The second kappa shape index (κ2) is 7.78. The van der Waals surface area contributed by atoms with Crippen LogP contribution in [0.25, 0.3) is 0 Å². The lowest BCUT2D eigenvalue weighted by Crippen LogP contribution is -2.31. The maximum absolute atomic E-state index is 13.1. The number of rotatable bonds is 7. The summed E-state index contributed by atoms with van der Waals surface area (Å²) in [6.07, 6.45) is 2.31. The highest BCUT2D eigenvalue weighted by Crippen LogP contribution is 2.40. The molecule has 0 aliphatic heterocycles. The first kappa shape index (κ1) is 18.9. The molecule has 2 aromatic rings.